The molecule has 2 saturated heterocycles. The van der Waals surface area contributed by atoms with Gasteiger partial charge in [-0.25, -0.2) is 4.72 Å². The van der Waals surface area contributed by atoms with Crippen molar-refractivity contribution in [3.05, 3.63) is 0 Å². The number of amides is 5. The van der Waals surface area contributed by atoms with E-state index in [1.54, 1.807) is 18.7 Å². The Bertz CT molecular complexity index is 1770. The van der Waals surface area contributed by atoms with Crippen molar-refractivity contribution in [1.82, 2.24) is 34.8 Å². The predicted octanol–water partition coefficient (Wildman–Crippen LogP) is 4.63. The average Bonchev–Trinajstić information content (AvgIpc) is 3.90. The molecule has 0 radical (unpaired) electrons. The van der Waals surface area contributed by atoms with Crippen LogP contribution in [0.1, 0.15) is 159 Å². The Morgan fingerprint density at radius 3 is 1.95 bits per heavy atom. The van der Waals surface area contributed by atoms with Crippen molar-refractivity contribution in [2.75, 3.05) is 26.2 Å². The van der Waals surface area contributed by atoms with Crippen molar-refractivity contribution < 1.29 is 32.4 Å². The Balaban J connectivity index is 1.28. The Kier molecular flexibility index (Phi) is 13.3. The molecule has 60 heavy (non-hydrogen) atoms. The third-order valence-electron chi connectivity index (χ3n) is 16.6. The van der Waals surface area contributed by atoms with Crippen molar-refractivity contribution in [3.63, 3.8) is 0 Å². The van der Waals surface area contributed by atoms with Crippen LogP contribution < -0.4 is 20.7 Å². The van der Waals surface area contributed by atoms with Gasteiger partial charge in [-0.1, -0.05) is 93.9 Å². The highest BCUT2D eigenvalue weighted by Gasteiger charge is 2.85. The minimum atomic E-state index is -4.14. The molecule has 4 aliphatic carbocycles. The van der Waals surface area contributed by atoms with Crippen LogP contribution in [0.5, 0.6) is 0 Å². The summed E-state index contributed by atoms with van der Waals surface area (Å²) in [6.45, 7) is 21.3. The lowest BCUT2D eigenvalue weighted by atomic mass is 9.73. The quantitative estimate of drug-likeness (QED) is 0.184. The van der Waals surface area contributed by atoms with E-state index in [2.05, 4.69) is 53.3 Å². The first-order valence-corrected chi connectivity index (χ1v) is 24.8. The SMILES string of the molecule is CCC1CC1(NC(=O)[C@@H]1C[C@@]2(CN1C(=O)[C@@H](NC(=O)C(NC(=O)[C@@H]1CCCCN1C(C)C)C1CCCCC1)C(C)(C)C)C(C)(C)C21CCC1)C(=O)NS(=O)(=O)N(CC)CC. The van der Waals surface area contributed by atoms with Gasteiger partial charge in [-0.15, -0.1) is 0 Å². The molecule has 0 aromatic rings. The first-order valence-electron chi connectivity index (χ1n) is 23.4. The zero-order valence-electron chi connectivity index (χ0n) is 38.4. The molecule has 2 aliphatic heterocycles. The molecule has 7 atom stereocenters. The summed E-state index contributed by atoms with van der Waals surface area (Å²) in [5.41, 5.74) is -2.65. The minimum absolute atomic E-state index is 0.00811. The normalized spacial score (nSPS) is 31.1. The van der Waals surface area contributed by atoms with Crippen molar-refractivity contribution in [3.8, 4) is 0 Å². The molecule has 3 unspecified atom stereocenters. The zero-order chi connectivity index (χ0) is 44.2. The van der Waals surface area contributed by atoms with Gasteiger partial charge in [0.2, 0.25) is 23.6 Å². The van der Waals surface area contributed by atoms with Crippen molar-refractivity contribution in [1.29, 1.82) is 0 Å². The maximum atomic E-state index is 15.3. The minimum Gasteiger partial charge on any atom is -0.343 e. The van der Waals surface area contributed by atoms with Gasteiger partial charge >= 0.3 is 10.2 Å². The van der Waals surface area contributed by atoms with Gasteiger partial charge in [0.15, 0.2) is 0 Å². The summed E-state index contributed by atoms with van der Waals surface area (Å²) >= 11 is 0. The van der Waals surface area contributed by atoms with Crippen LogP contribution in [-0.4, -0.2) is 114 Å². The maximum absolute atomic E-state index is 15.3. The molecule has 340 valence electrons. The van der Waals surface area contributed by atoms with E-state index in [0.29, 0.717) is 25.8 Å². The van der Waals surface area contributed by atoms with Crippen LogP contribution in [0, 0.1) is 33.5 Å². The van der Waals surface area contributed by atoms with Gasteiger partial charge in [0.05, 0.1) is 6.04 Å². The number of rotatable bonds is 15. The molecule has 5 amide bonds. The number of piperidine rings is 1. The summed E-state index contributed by atoms with van der Waals surface area (Å²) in [5, 5.41) is 9.40. The fourth-order valence-corrected chi connectivity index (χ4v) is 13.8. The van der Waals surface area contributed by atoms with Gasteiger partial charge in [0.25, 0.3) is 5.91 Å². The van der Waals surface area contributed by atoms with Gasteiger partial charge in [0.1, 0.15) is 23.7 Å². The molecule has 2 heterocycles. The number of hydrogen-bond acceptors (Lipinski definition) is 8. The van der Waals surface area contributed by atoms with Gasteiger partial charge in [0, 0.05) is 31.1 Å². The zero-order valence-corrected chi connectivity index (χ0v) is 39.2. The lowest BCUT2D eigenvalue weighted by Crippen LogP contribution is -2.63. The Morgan fingerprint density at radius 2 is 1.43 bits per heavy atom. The second-order valence-electron chi connectivity index (χ2n) is 21.2. The first kappa shape index (κ1) is 46.7. The van der Waals surface area contributed by atoms with E-state index in [1.165, 1.54) is 4.31 Å². The maximum Gasteiger partial charge on any atom is 0.303 e. The summed E-state index contributed by atoms with van der Waals surface area (Å²) in [4.78, 5) is 76.7. The summed E-state index contributed by atoms with van der Waals surface area (Å²) in [7, 11) is -4.14. The lowest BCUT2D eigenvalue weighted by Gasteiger charge is -2.40. The van der Waals surface area contributed by atoms with Crippen LogP contribution in [0.3, 0.4) is 0 Å². The predicted molar refractivity (Wildman–Crippen MR) is 231 cm³/mol. The van der Waals surface area contributed by atoms with Gasteiger partial charge in [-0.2, -0.15) is 12.7 Å². The standard InChI is InChI=1S/C45H77N7O7S/c1-11-31-26-45(31,40(57)49-60(58,59)50(12-2)13-3)48-37(54)33-27-44(42(9,10)43(44)23-19-24-43)28-52(33)39(56)35(41(6,7)8)47-38(55)34(30-20-15-14-16-21-30)46-36(53)32-22-17-18-25-51(32)29(4)5/h29-35H,11-28H2,1-10H3,(H,46,53)(H,47,55)(H,48,54)(H,49,57)/t31?,32-,33-,34?,35+,44+,45?/m0/s1. The van der Waals surface area contributed by atoms with Crippen LogP contribution in [0.4, 0.5) is 0 Å². The highest BCUT2D eigenvalue weighted by molar-refractivity contribution is 7.87. The van der Waals surface area contributed by atoms with Gasteiger partial charge in [-0.3, -0.25) is 28.9 Å². The second-order valence-corrected chi connectivity index (χ2v) is 22.8. The molecular weight excluding hydrogens is 783 g/mol. The fourth-order valence-electron chi connectivity index (χ4n) is 12.5. The second kappa shape index (κ2) is 17.1. The number of nitrogens with one attached hydrogen (secondary N) is 4. The van der Waals surface area contributed by atoms with E-state index in [-0.39, 0.29) is 71.0 Å². The number of carbonyl (C=O) groups excluding carboxylic acids is 5. The number of nitrogens with zero attached hydrogens (tertiary/aromatic N) is 3. The molecule has 6 fully saturated rings. The smallest absolute Gasteiger partial charge is 0.303 e. The topological polar surface area (TPSA) is 177 Å². The van der Waals surface area contributed by atoms with Gasteiger partial charge in [-0.05, 0) is 99.8 Å². The third kappa shape index (κ3) is 8.03. The Morgan fingerprint density at radius 1 is 0.800 bits per heavy atom. The monoisotopic (exact) mass is 860 g/mol. The van der Waals surface area contributed by atoms with Crippen LogP contribution in [0.2, 0.25) is 0 Å². The molecule has 4 N–H and O–H groups in total. The molecule has 0 aromatic carbocycles. The molecular formula is C45H77N7O7S. The number of likely N-dealkylation sites (tertiary alicyclic amines) is 2. The first-order chi connectivity index (χ1) is 28.1. The Labute approximate surface area is 360 Å². The van der Waals surface area contributed by atoms with Crippen molar-refractivity contribution in [2.24, 2.45) is 33.5 Å². The molecule has 4 saturated carbocycles. The van der Waals surface area contributed by atoms with Crippen molar-refractivity contribution in [2.45, 2.75) is 195 Å². The van der Waals surface area contributed by atoms with E-state index in [4.69, 9.17) is 0 Å². The van der Waals surface area contributed by atoms with Crippen LogP contribution in [-0.2, 0) is 34.2 Å². The molecule has 15 heteroatoms. The number of fused-ring (bicyclic) bond motifs is 1. The van der Waals surface area contributed by atoms with Crippen molar-refractivity contribution >= 4 is 39.7 Å². The van der Waals surface area contributed by atoms with E-state index in [0.717, 1.165) is 77.2 Å². The van der Waals surface area contributed by atoms with E-state index in [1.807, 2.05) is 27.7 Å². The lowest BCUT2D eigenvalue weighted by molar-refractivity contribution is -0.145. The molecule has 6 rings (SSSR count). The number of carbonyl (C=O) groups is 5. The summed E-state index contributed by atoms with van der Waals surface area (Å²) < 4.78 is 29.8. The molecule has 2 spiro atoms. The van der Waals surface area contributed by atoms with E-state index >= 15 is 4.79 Å². The van der Waals surface area contributed by atoms with E-state index in [9.17, 15) is 27.6 Å². The highest BCUT2D eigenvalue weighted by atomic mass is 32.2. The van der Waals surface area contributed by atoms with E-state index < -0.39 is 51.1 Å². The molecule has 0 bridgehead atoms. The third-order valence-corrected chi connectivity index (χ3v) is 18.3. The van der Waals surface area contributed by atoms with Crippen LogP contribution in [0.15, 0.2) is 0 Å². The molecule has 14 nitrogen and oxygen atoms in total. The summed E-state index contributed by atoms with van der Waals surface area (Å²) in [6, 6.07) is -2.88. The van der Waals surface area contributed by atoms with Crippen LogP contribution in [0.25, 0.3) is 0 Å². The van der Waals surface area contributed by atoms with Gasteiger partial charge < -0.3 is 20.9 Å². The van der Waals surface area contributed by atoms with Crippen LogP contribution >= 0.6 is 0 Å². The fraction of sp³-hybridized carbons (Fsp3) is 0.889. The number of hydrogen-bond donors (Lipinski definition) is 4. The Hall–Kier alpha value is -2.78. The summed E-state index contributed by atoms with van der Waals surface area (Å²) in [5.74, 6) is -2.44. The average molecular weight is 860 g/mol. The highest BCUT2D eigenvalue weighted by Crippen LogP contribution is 2.88. The molecule has 0 aromatic heterocycles. The summed E-state index contributed by atoms with van der Waals surface area (Å²) in [6.07, 6.45) is 11.7. The largest absolute Gasteiger partial charge is 0.343 e. The molecule has 6 aliphatic rings.